The Morgan fingerprint density at radius 1 is 0.922 bits per heavy atom. The standard InChI is InChI=1S/C38H30Cl3N3O6S/c1-50-22-8-4-19(5-9-22)38-28(35(47)44(37(38)49)42-30-12-6-21(40)16-29(30)41)17-26-24(33(38)27-15-20(39)7-13-31(27)45)10-11-25-32(26)36(48)43(34(25)46)18-23-3-2-14-51-23/h2-10,12-16,25-26,28,32-33,42,45H,11,17-18H2,1H3. The van der Waals surface area contributed by atoms with Crippen molar-refractivity contribution >= 4 is 75.5 Å². The normalized spacial score (nSPS) is 26.9. The molecular formula is C38H30Cl3N3O6S. The molecule has 4 aromatic rings. The van der Waals surface area contributed by atoms with Gasteiger partial charge in [-0.3, -0.25) is 29.5 Å². The summed E-state index contributed by atoms with van der Waals surface area (Å²) in [6.07, 6.45) is 2.29. The highest BCUT2D eigenvalue weighted by Crippen LogP contribution is 2.65. The van der Waals surface area contributed by atoms with Crippen LogP contribution in [-0.2, 0) is 31.1 Å². The van der Waals surface area contributed by atoms with Crippen LogP contribution in [0, 0.1) is 23.7 Å². The third-order valence-electron chi connectivity index (χ3n) is 10.9. The highest BCUT2D eigenvalue weighted by Gasteiger charge is 2.70. The van der Waals surface area contributed by atoms with Crippen LogP contribution < -0.4 is 10.2 Å². The number of fused-ring (bicyclic) bond motifs is 4. The van der Waals surface area contributed by atoms with E-state index in [9.17, 15) is 19.5 Å². The van der Waals surface area contributed by atoms with Gasteiger partial charge in [0.1, 0.15) is 11.5 Å². The van der Waals surface area contributed by atoms with Gasteiger partial charge >= 0.3 is 0 Å². The Hall–Kier alpha value is -4.35. The van der Waals surface area contributed by atoms with Gasteiger partial charge in [-0.15, -0.1) is 11.3 Å². The number of hydrazine groups is 1. The topological polar surface area (TPSA) is 116 Å². The van der Waals surface area contributed by atoms with Crippen LogP contribution in [0.5, 0.6) is 11.5 Å². The van der Waals surface area contributed by atoms with Crippen molar-refractivity contribution in [2.75, 3.05) is 12.5 Å². The van der Waals surface area contributed by atoms with E-state index in [2.05, 4.69) is 5.43 Å². The predicted octanol–water partition coefficient (Wildman–Crippen LogP) is 7.61. The molecule has 2 aliphatic carbocycles. The number of carbonyl (C=O) groups is 4. The van der Waals surface area contributed by atoms with Crippen molar-refractivity contribution in [2.24, 2.45) is 23.7 Å². The lowest BCUT2D eigenvalue weighted by atomic mass is 9.49. The van der Waals surface area contributed by atoms with Crippen LogP contribution in [0.1, 0.15) is 34.8 Å². The monoisotopic (exact) mass is 761 g/mol. The number of imide groups is 2. The third kappa shape index (κ3) is 5.17. The first-order chi connectivity index (χ1) is 24.5. The van der Waals surface area contributed by atoms with Crippen molar-refractivity contribution in [3.8, 4) is 11.5 Å². The van der Waals surface area contributed by atoms with Gasteiger partial charge in [0.25, 0.3) is 11.8 Å². The van der Waals surface area contributed by atoms with Crippen molar-refractivity contribution in [3.63, 3.8) is 0 Å². The summed E-state index contributed by atoms with van der Waals surface area (Å²) in [7, 11) is 1.53. The maximum absolute atomic E-state index is 15.3. The molecule has 13 heteroatoms. The molecule has 2 N–H and O–H groups in total. The number of phenols is 1. The van der Waals surface area contributed by atoms with Gasteiger partial charge in [0.15, 0.2) is 0 Å². The number of hydrogen-bond acceptors (Lipinski definition) is 8. The lowest BCUT2D eigenvalue weighted by Crippen LogP contribution is -2.53. The molecule has 1 saturated carbocycles. The molecule has 3 heterocycles. The van der Waals surface area contributed by atoms with E-state index in [0.717, 1.165) is 9.89 Å². The number of nitrogens with zero attached hydrogens (tertiary/aromatic N) is 2. The van der Waals surface area contributed by atoms with E-state index < -0.39 is 46.8 Å². The molecule has 2 aliphatic heterocycles. The Labute approximate surface area is 312 Å². The second kappa shape index (κ2) is 12.7. The Kier molecular flexibility index (Phi) is 8.41. The van der Waals surface area contributed by atoms with E-state index in [0.29, 0.717) is 32.5 Å². The van der Waals surface area contributed by atoms with E-state index in [1.165, 1.54) is 35.5 Å². The second-order valence-corrected chi connectivity index (χ2v) is 15.6. The van der Waals surface area contributed by atoms with E-state index in [1.807, 2.05) is 23.6 Å². The molecule has 3 aromatic carbocycles. The maximum atomic E-state index is 15.3. The van der Waals surface area contributed by atoms with E-state index >= 15 is 4.79 Å². The number of ether oxygens (including phenoxy) is 1. The number of allylic oxidation sites excluding steroid dienone is 2. The molecule has 6 atom stereocenters. The SMILES string of the molecule is COc1ccc(C23C(=O)N(Nc4ccc(Cl)cc4Cl)C(=O)C2CC2C(=CCC4C(=O)N(Cc5cccs5)C(=O)C42)C3c2cc(Cl)ccc2O)cc1. The zero-order chi connectivity index (χ0) is 35.8. The number of halogens is 3. The highest BCUT2D eigenvalue weighted by atomic mass is 35.5. The van der Waals surface area contributed by atoms with Crippen LogP contribution in [-0.4, -0.2) is 45.8 Å². The van der Waals surface area contributed by atoms with Gasteiger partial charge in [-0.25, -0.2) is 0 Å². The zero-order valence-electron chi connectivity index (χ0n) is 27.0. The van der Waals surface area contributed by atoms with Gasteiger partial charge in [-0.2, -0.15) is 5.01 Å². The summed E-state index contributed by atoms with van der Waals surface area (Å²) in [5, 5.41) is 15.3. The fraction of sp³-hybridized carbons (Fsp3) is 0.263. The average molecular weight is 763 g/mol. The smallest absolute Gasteiger partial charge is 0.260 e. The Balaban J connectivity index is 1.33. The molecule has 9 nitrogen and oxygen atoms in total. The molecule has 0 bridgehead atoms. The second-order valence-electron chi connectivity index (χ2n) is 13.3. The lowest BCUT2D eigenvalue weighted by molar-refractivity contribution is -0.141. The van der Waals surface area contributed by atoms with Crippen molar-refractivity contribution in [1.29, 1.82) is 0 Å². The average Bonchev–Trinajstić information content (AvgIpc) is 3.78. The summed E-state index contributed by atoms with van der Waals surface area (Å²) in [5.74, 6) is -5.21. The van der Waals surface area contributed by atoms with Gasteiger partial charge in [0.2, 0.25) is 11.8 Å². The fourth-order valence-electron chi connectivity index (χ4n) is 8.72. The number of hydrogen-bond donors (Lipinski definition) is 2. The van der Waals surface area contributed by atoms with Crippen molar-refractivity contribution in [3.05, 3.63) is 121 Å². The first-order valence-corrected chi connectivity index (χ1v) is 18.4. The molecule has 2 saturated heterocycles. The molecule has 260 valence electrons. The van der Waals surface area contributed by atoms with Crippen LogP contribution in [0.15, 0.2) is 89.8 Å². The van der Waals surface area contributed by atoms with Gasteiger partial charge in [-0.05, 0) is 84.3 Å². The first kappa shape index (κ1) is 33.8. The Morgan fingerprint density at radius 2 is 1.67 bits per heavy atom. The minimum Gasteiger partial charge on any atom is -0.508 e. The van der Waals surface area contributed by atoms with Crippen molar-refractivity contribution in [1.82, 2.24) is 9.91 Å². The number of thiophene rings is 1. The molecule has 4 aliphatic rings. The summed E-state index contributed by atoms with van der Waals surface area (Å²) < 4.78 is 5.44. The van der Waals surface area contributed by atoms with E-state index in [4.69, 9.17) is 39.5 Å². The third-order valence-corrected chi connectivity index (χ3v) is 12.5. The largest absolute Gasteiger partial charge is 0.508 e. The minimum atomic E-state index is -1.62. The quantitative estimate of drug-likeness (QED) is 0.147. The molecule has 4 amide bonds. The number of benzene rings is 3. The van der Waals surface area contributed by atoms with Crippen LogP contribution in [0.3, 0.4) is 0 Å². The van der Waals surface area contributed by atoms with Crippen LogP contribution in [0.2, 0.25) is 15.1 Å². The van der Waals surface area contributed by atoms with Gasteiger partial charge < -0.3 is 9.84 Å². The molecule has 8 rings (SSSR count). The Morgan fingerprint density at radius 3 is 2.37 bits per heavy atom. The van der Waals surface area contributed by atoms with Crippen molar-refractivity contribution in [2.45, 2.75) is 30.7 Å². The molecular weight excluding hydrogens is 733 g/mol. The lowest BCUT2D eigenvalue weighted by Gasteiger charge is -2.50. The van der Waals surface area contributed by atoms with E-state index in [-0.39, 0.29) is 47.7 Å². The van der Waals surface area contributed by atoms with Crippen LogP contribution >= 0.6 is 46.1 Å². The Bertz CT molecular complexity index is 2140. The molecule has 51 heavy (non-hydrogen) atoms. The first-order valence-electron chi connectivity index (χ1n) is 16.3. The number of phenolic OH excluding ortho intramolecular Hbond substituents is 1. The number of rotatable bonds is 7. The predicted molar refractivity (Wildman–Crippen MR) is 194 cm³/mol. The number of methoxy groups -OCH3 is 1. The molecule has 6 unspecified atom stereocenters. The number of nitrogens with one attached hydrogen (secondary N) is 1. The summed E-state index contributed by atoms with van der Waals surface area (Å²) in [4.78, 5) is 60.5. The minimum absolute atomic E-state index is 0.0970. The number of amides is 4. The van der Waals surface area contributed by atoms with Gasteiger partial charge in [0.05, 0.1) is 47.5 Å². The van der Waals surface area contributed by atoms with E-state index in [1.54, 1.807) is 48.5 Å². The number of carbonyl (C=O) groups excluding carboxylic acids is 4. The molecule has 1 aromatic heterocycles. The number of aromatic hydroxyl groups is 1. The summed E-state index contributed by atoms with van der Waals surface area (Å²) in [5.41, 5.74) is 3.18. The van der Waals surface area contributed by atoms with Gasteiger partial charge in [0, 0.05) is 26.4 Å². The summed E-state index contributed by atoms with van der Waals surface area (Å²) in [6.45, 7) is 0.166. The number of likely N-dealkylation sites (tertiary alicyclic amines) is 1. The summed E-state index contributed by atoms with van der Waals surface area (Å²) >= 11 is 20.7. The van der Waals surface area contributed by atoms with Gasteiger partial charge in [-0.1, -0.05) is 64.7 Å². The van der Waals surface area contributed by atoms with Crippen LogP contribution in [0.25, 0.3) is 0 Å². The molecule has 3 fully saturated rings. The van der Waals surface area contributed by atoms with Crippen LogP contribution in [0.4, 0.5) is 5.69 Å². The van der Waals surface area contributed by atoms with Crippen molar-refractivity contribution < 1.29 is 29.0 Å². The summed E-state index contributed by atoms with van der Waals surface area (Å²) in [6, 6.07) is 20.0. The molecule has 0 spiro atoms. The highest BCUT2D eigenvalue weighted by molar-refractivity contribution is 7.09. The number of anilines is 1. The zero-order valence-corrected chi connectivity index (χ0v) is 30.1. The maximum Gasteiger partial charge on any atom is 0.260 e. The molecule has 0 radical (unpaired) electrons. The fourth-order valence-corrected chi connectivity index (χ4v) is 10.0.